The number of carbonyl (C=O) groups excluding carboxylic acids is 1. The van der Waals surface area contributed by atoms with Crippen LogP contribution in [0, 0.1) is 25.2 Å². The predicted octanol–water partition coefficient (Wildman–Crippen LogP) is 6.03. The quantitative estimate of drug-likeness (QED) is 0.317. The number of amides is 1. The molecule has 4 heteroatoms. The van der Waals surface area contributed by atoms with Gasteiger partial charge in [-0.05, 0) is 66.9 Å². The van der Waals surface area contributed by atoms with Gasteiger partial charge in [0, 0.05) is 17.1 Å². The molecule has 0 bridgehead atoms. The molecule has 1 atom stereocenters. The molecular weight excluding hydrogens is 394 g/mol. The van der Waals surface area contributed by atoms with Crippen molar-refractivity contribution in [1.82, 2.24) is 9.88 Å². The molecule has 4 nitrogen and oxygen atoms in total. The van der Waals surface area contributed by atoms with E-state index in [4.69, 9.17) is 0 Å². The third kappa shape index (κ3) is 4.19. The molecular formula is C28H25N3O. The number of nitrogens with zero attached hydrogens (tertiary/aromatic N) is 2. The molecule has 32 heavy (non-hydrogen) atoms. The zero-order valence-electron chi connectivity index (χ0n) is 18.5. The van der Waals surface area contributed by atoms with Crippen LogP contribution in [0.1, 0.15) is 35.5 Å². The summed E-state index contributed by atoms with van der Waals surface area (Å²) in [7, 11) is 0. The second-order valence-corrected chi connectivity index (χ2v) is 7.97. The van der Waals surface area contributed by atoms with Crippen molar-refractivity contribution in [3.05, 3.63) is 107 Å². The van der Waals surface area contributed by atoms with Crippen molar-refractivity contribution < 1.29 is 4.79 Å². The van der Waals surface area contributed by atoms with Crippen LogP contribution in [0.5, 0.6) is 0 Å². The van der Waals surface area contributed by atoms with Gasteiger partial charge >= 0.3 is 0 Å². The Morgan fingerprint density at radius 1 is 0.969 bits per heavy atom. The summed E-state index contributed by atoms with van der Waals surface area (Å²) < 4.78 is 2.15. The van der Waals surface area contributed by atoms with Crippen molar-refractivity contribution in [3.8, 4) is 11.8 Å². The Balaban J connectivity index is 1.64. The number of hydrogen-bond donors (Lipinski definition) is 1. The van der Waals surface area contributed by atoms with E-state index in [1.807, 2.05) is 69.3 Å². The van der Waals surface area contributed by atoms with E-state index in [1.54, 1.807) is 6.08 Å². The van der Waals surface area contributed by atoms with E-state index in [0.717, 1.165) is 28.2 Å². The van der Waals surface area contributed by atoms with Crippen LogP contribution in [0.2, 0.25) is 0 Å². The number of nitriles is 1. The van der Waals surface area contributed by atoms with Crippen molar-refractivity contribution in [2.75, 3.05) is 0 Å². The van der Waals surface area contributed by atoms with Gasteiger partial charge in [-0.25, -0.2) is 0 Å². The Labute approximate surface area is 188 Å². The summed E-state index contributed by atoms with van der Waals surface area (Å²) in [5.74, 6) is -0.376. The fourth-order valence-electron chi connectivity index (χ4n) is 4.05. The molecule has 4 aromatic rings. The first kappa shape index (κ1) is 21.1. The lowest BCUT2D eigenvalue weighted by Gasteiger charge is -2.14. The maximum Gasteiger partial charge on any atom is 0.262 e. The van der Waals surface area contributed by atoms with Crippen molar-refractivity contribution in [2.45, 2.75) is 26.8 Å². The molecule has 1 amide bonds. The minimum absolute atomic E-state index is 0.0894. The first-order chi connectivity index (χ1) is 15.5. The van der Waals surface area contributed by atoms with Crippen LogP contribution < -0.4 is 5.32 Å². The highest BCUT2D eigenvalue weighted by Gasteiger charge is 2.16. The van der Waals surface area contributed by atoms with Crippen LogP contribution in [-0.2, 0) is 4.79 Å². The summed E-state index contributed by atoms with van der Waals surface area (Å²) >= 11 is 0. The number of aromatic nitrogens is 1. The van der Waals surface area contributed by atoms with E-state index in [0.29, 0.717) is 0 Å². The van der Waals surface area contributed by atoms with Crippen LogP contribution in [0.4, 0.5) is 0 Å². The molecule has 4 rings (SSSR count). The third-order valence-corrected chi connectivity index (χ3v) is 5.77. The molecule has 0 fully saturated rings. The number of aryl methyl sites for hydroxylation is 1. The minimum atomic E-state index is -0.376. The average Bonchev–Trinajstić information content (AvgIpc) is 3.10. The normalized spacial score (nSPS) is 12.4. The molecule has 158 valence electrons. The van der Waals surface area contributed by atoms with Gasteiger partial charge < -0.3 is 9.88 Å². The second kappa shape index (κ2) is 8.95. The van der Waals surface area contributed by atoms with E-state index in [9.17, 15) is 10.1 Å². The summed E-state index contributed by atoms with van der Waals surface area (Å²) in [6, 6.07) is 28.2. The van der Waals surface area contributed by atoms with E-state index in [2.05, 4.69) is 46.3 Å². The smallest absolute Gasteiger partial charge is 0.262 e. The Morgan fingerprint density at radius 2 is 1.66 bits per heavy atom. The van der Waals surface area contributed by atoms with Gasteiger partial charge in [-0.1, -0.05) is 60.7 Å². The summed E-state index contributed by atoms with van der Waals surface area (Å²) in [5.41, 5.74) is 5.02. The highest BCUT2D eigenvalue weighted by molar-refractivity contribution is 6.02. The number of hydrogen-bond acceptors (Lipinski definition) is 2. The molecule has 0 unspecified atom stereocenters. The third-order valence-electron chi connectivity index (χ3n) is 5.77. The topological polar surface area (TPSA) is 57.8 Å². The first-order valence-corrected chi connectivity index (χ1v) is 10.6. The molecule has 0 aliphatic heterocycles. The maximum absolute atomic E-state index is 12.8. The van der Waals surface area contributed by atoms with E-state index < -0.39 is 0 Å². The lowest BCUT2D eigenvalue weighted by atomic mass is 10.1. The summed E-state index contributed by atoms with van der Waals surface area (Å²) in [5, 5.41) is 14.9. The fourth-order valence-corrected chi connectivity index (χ4v) is 4.05. The maximum atomic E-state index is 12.8. The molecule has 0 radical (unpaired) electrons. The molecule has 1 heterocycles. The van der Waals surface area contributed by atoms with Crippen LogP contribution in [0.25, 0.3) is 22.5 Å². The van der Waals surface area contributed by atoms with E-state index in [1.165, 1.54) is 10.8 Å². The fraction of sp³-hybridized carbons (Fsp3) is 0.143. The summed E-state index contributed by atoms with van der Waals surface area (Å²) in [6.07, 6.45) is 1.67. The Kier molecular flexibility index (Phi) is 5.91. The van der Waals surface area contributed by atoms with E-state index >= 15 is 0 Å². The number of nitrogens with one attached hydrogen (secondary N) is 1. The molecule has 0 saturated heterocycles. The molecule has 0 saturated carbocycles. The zero-order chi connectivity index (χ0) is 22.7. The molecule has 0 aliphatic rings. The number of benzene rings is 3. The summed E-state index contributed by atoms with van der Waals surface area (Å²) in [6.45, 7) is 5.95. The van der Waals surface area contributed by atoms with Crippen molar-refractivity contribution >= 4 is 22.8 Å². The molecule has 1 aromatic heterocycles. The van der Waals surface area contributed by atoms with Crippen LogP contribution in [0.15, 0.2) is 84.4 Å². The van der Waals surface area contributed by atoms with Crippen LogP contribution >= 0.6 is 0 Å². The first-order valence-electron chi connectivity index (χ1n) is 10.6. The highest BCUT2D eigenvalue weighted by Crippen LogP contribution is 2.26. The zero-order valence-corrected chi connectivity index (χ0v) is 18.5. The minimum Gasteiger partial charge on any atom is -0.345 e. The van der Waals surface area contributed by atoms with Gasteiger partial charge in [0.05, 0.1) is 6.04 Å². The van der Waals surface area contributed by atoms with Crippen molar-refractivity contribution in [3.63, 3.8) is 0 Å². The Hall–Kier alpha value is -4.10. The predicted molar refractivity (Wildman–Crippen MR) is 129 cm³/mol. The monoisotopic (exact) mass is 419 g/mol. The number of fused-ring (bicyclic) bond motifs is 1. The van der Waals surface area contributed by atoms with Gasteiger partial charge in [0.2, 0.25) is 0 Å². The lowest BCUT2D eigenvalue weighted by molar-refractivity contribution is -0.117. The SMILES string of the molecule is Cc1cc(/C=C(\C#N)C(=O)N[C@H](C)c2ccccc2)c(C)n1-c1ccc2ccccc2c1. The van der Waals surface area contributed by atoms with Crippen LogP contribution in [-0.4, -0.2) is 10.5 Å². The van der Waals surface area contributed by atoms with Gasteiger partial charge in [0.25, 0.3) is 5.91 Å². The van der Waals surface area contributed by atoms with Crippen molar-refractivity contribution in [1.29, 1.82) is 5.26 Å². The lowest BCUT2D eigenvalue weighted by Crippen LogP contribution is -2.27. The van der Waals surface area contributed by atoms with Gasteiger partial charge in [-0.3, -0.25) is 4.79 Å². The average molecular weight is 420 g/mol. The second-order valence-electron chi connectivity index (χ2n) is 7.97. The van der Waals surface area contributed by atoms with Crippen LogP contribution in [0.3, 0.4) is 0 Å². The van der Waals surface area contributed by atoms with E-state index in [-0.39, 0.29) is 17.5 Å². The number of rotatable bonds is 5. The largest absolute Gasteiger partial charge is 0.345 e. The molecule has 0 spiro atoms. The standard InChI is InChI=1S/C28H25N3O/c1-19-15-25(16-26(18-29)28(32)30-20(2)22-9-5-4-6-10-22)21(3)31(19)27-14-13-23-11-7-8-12-24(23)17-27/h4-17,20H,1-3H3,(H,30,32)/b26-16+/t20-/m1/s1. The van der Waals surface area contributed by atoms with Gasteiger partial charge in [-0.2, -0.15) is 5.26 Å². The Bertz CT molecular complexity index is 1360. The van der Waals surface area contributed by atoms with Crippen molar-refractivity contribution in [2.24, 2.45) is 0 Å². The number of carbonyl (C=O) groups is 1. The highest BCUT2D eigenvalue weighted by atomic mass is 16.1. The van der Waals surface area contributed by atoms with Gasteiger partial charge in [0.15, 0.2) is 0 Å². The molecule has 0 aliphatic carbocycles. The molecule has 1 N–H and O–H groups in total. The Morgan fingerprint density at radius 3 is 2.38 bits per heavy atom. The van der Waals surface area contributed by atoms with Gasteiger partial charge in [-0.15, -0.1) is 0 Å². The van der Waals surface area contributed by atoms with Gasteiger partial charge in [0.1, 0.15) is 11.6 Å². The molecule has 3 aromatic carbocycles. The summed E-state index contributed by atoms with van der Waals surface area (Å²) in [4.78, 5) is 12.8.